The van der Waals surface area contributed by atoms with Gasteiger partial charge < -0.3 is 20.3 Å². The Kier molecular flexibility index (Phi) is 5.72. The smallest absolute Gasteiger partial charge is 0.246 e. The number of carbonyl (C=O) groups is 2. The Hall–Kier alpha value is -2.93. The maximum atomic E-state index is 14.0. The van der Waals surface area contributed by atoms with Crippen molar-refractivity contribution in [2.45, 2.75) is 44.4 Å². The summed E-state index contributed by atoms with van der Waals surface area (Å²) in [5.74, 6) is 0.300. The molecular weight excluding hydrogens is 385 g/mol. The third kappa shape index (κ3) is 4.16. The summed E-state index contributed by atoms with van der Waals surface area (Å²) in [5.41, 5.74) is 2.54. The summed E-state index contributed by atoms with van der Waals surface area (Å²) in [6.07, 6.45) is 0.963. The zero-order chi connectivity index (χ0) is 21.3. The Bertz CT molecular complexity index is 947. The van der Waals surface area contributed by atoms with Gasteiger partial charge in [0, 0.05) is 31.1 Å². The Balaban J connectivity index is 1.39. The molecule has 0 spiro atoms. The highest BCUT2D eigenvalue weighted by atomic mass is 19.1. The first kappa shape index (κ1) is 20.3. The number of rotatable bonds is 6. The molecular formula is C23H26FN3O3. The average Bonchev–Trinajstić information content (AvgIpc) is 3.18. The zero-order valence-electron chi connectivity index (χ0n) is 17.2. The SMILES string of the molecule is COc1ccc(C[C@@H]2NC(=O)[C@@H]3C[C@H](NCc4cc(C)ccc4F)CN3C2=O)cc1. The van der Waals surface area contributed by atoms with Crippen molar-refractivity contribution in [2.24, 2.45) is 0 Å². The number of halogens is 1. The fraction of sp³-hybridized carbons (Fsp3) is 0.391. The highest BCUT2D eigenvalue weighted by Crippen LogP contribution is 2.25. The van der Waals surface area contributed by atoms with E-state index in [1.807, 2.05) is 37.3 Å². The molecule has 0 saturated carbocycles. The molecule has 2 amide bonds. The fourth-order valence-electron chi connectivity index (χ4n) is 4.23. The van der Waals surface area contributed by atoms with Gasteiger partial charge in [-0.15, -0.1) is 0 Å². The summed E-state index contributed by atoms with van der Waals surface area (Å²) in [5, 5.41) is 6.19. The summed E-state index contributed by atoms with van der Waals surface area (Å²) >= 11 is 0. The molecule has 6 nitrogen and oxygen atoms in total. The van der Waals surface area contributed by atoms with Crippen LogP contribution in [-0.2, 0) is 22.6 Å². The molecule has 30 heavy (non-hydrogen) atoms. The van der Waals surface area contributed by atoms with Crippen molar-refractivity contribution in [3.63, 3.8) is 0 Å². The van der Waals surface area contributed by atoms with E-state index in [2.05, 4.69) is 10.6 Å². The molecule has 4 rings (SSSR count). The molecule has 2 aliphatic rings. The van der Waals surface area contributed by atoms with Crippen LogP contribution < -0.4 is 15.4 Å². The van der Waals surface area contributed by atoms with Crippen LogP contribution in [0.3, 0.4) is 0 Å². The van der Waals surface area contributed by atoms with Gasteiger partial charge in [0.05, 0.1) is 7.11 Å². The largest absolute Gasteiger partial charge is 0.497 e. The van der Waals surface area contributed by atoms with Crippen molar-refractivity contribution in [1.82, 2.24) is 15.5 Å². The van der Waals surface area contributed by atoms with Crippen LogP contribution in [0, 0.1) is 12.7 Å². The van der Waals surface area contributed by atoms with Gasteiger partial charge in [0.15, 0.2) is 0 Å². The average molecular weight is 411 g/mol. The molecule has 2 aromatic rings. The number of amides is 2. The predicted molar refractivity (Wildman–Crippen MR) is 111 cm³/mol. The second-order valence-electron chi connectivity index (χ2n) is 8.03. The van der Waals surface area contributed by atoms with Crippen molar-refractivity contribution in [1.29, 1.82) is 0 Å². The number of hydrogen-bond acceptors (Lipinski definition) is 4. The number of ether oxygens (including phenoxy) is 1. The van der Waals surface area contributed by atoms with Gasteiger partial charge in [0.1, 0.15) is 23.7 Å². The number of hydrogen-bond donors (Lipinski definition) is 2. The molecule has 7 heteroatoms. The molecule has 0 bridgehead atoms. The molecule has 158 valence electrons. The van der Waals surface area contributed by atoms with E-state index < -0.39 is 12.1 Å². The molecule has 2 heterocycles. The molecule has 0 unspecified atom stereocenters. The molecule has 2 N–H and O–H groups in total. The maximum absolute atomic E-state index is 14.0. The number of benzene rings is 2. The third-order valence-corrected chi connectivity index (χ3v) is 5.88. The quantitative estimate of drug-likeness (QED) is 0.762. The minimum atomic E-state index is -0.574. The van der Waals surface area contributed by atoms with Crippen LogP contribution in [-0.4, -0.2) is 48.5 Å². The minimum absolute atomic E-state index is 0.0515. The molecule has 2 aromatic carbocycles. The summed E-state index contributed by atoms with van der Waals surface area (Å²) < 4.78 is 19.2. The van der Waals surface area contributed by atoms with Crippen LogP contribution in [0.5, 0.6) is 5.75 Å². The standard InChI is InChI=1S/C23H26FN3O3/c1-14-3-8-19(24)16(9-14)12-25-17-11-21-22(28)26-20(23(29)27(21)13-17)10-15-4-6-18(30-2)7-5-15/h3-9,17,20-21,25H,10-13H2,1-2H3,(H,26,28)/t17-,20-,21-/m0/s1. The predicted octanol–water partition coefficient (Wildman–Crippen LogP) is 1.94. The molecule has 3 atom stereocenters. The van der Waals surface area contributed by atoms with E-state index in [0.29, 0.717) is 31.5 Å². The number of methoxy groups -OCH3 is 1. The van der Waals surface area contributed by atoms with Gasteiger partial charge in [-0.25, -0.2) is 4.39 Å². The molecule has 0 aromatic heterocycles. The summed E-state index contributed by atoms with van der Waals surface area (Å²) in [6.45, 7) is 2.73. The van der Waals surface area contributed by atoms with Gasteiger partial charge in [0.2, 0.25) is 11.8 Å². The fourth-order valence-corrected chi connectivity index (χ4v) is 4.23. The molecule has 2 fully saturated rings. The van der Waals surface area contributed by atoms with Crippen LogP contribution in [0.2, 0.25) is 0 Å². The maximum Gasteiger partial charge on any atom is 0.246 e. The third-order valence-electron chi connectivity index (χ3n) is 5.88. The van der Waals surface area contributed by atoms with E-state index in [0.717, 1.165) is 16.9 Å². The first-order chi connectivity index (χ1) is 14.4. The van der Waals surface area contributed by atoms with Crippen molar-refractivity contribution >= 4 is 11.8 Å². The van der Waals surface area contributed by atoms with Crippen molar-refractivity contribution in [3.05, 3.63) is 65.0 Å². The lowest BCUT2D eigenvalue weighted by atomic mass is 10.0. The van der Waals surface area contributed by atoms with E-state index in [1.165, 1.54) is 6.07 Å². The van der Waals surface area contributed by atoms with E-state index in [4.69, 9.17) is 4.74 Å². The first-order valence-corrected chi connectivity index (χ1v) is 10.2. The van der Waals surface area contributed by atoms with Gasteiger partial charge in [-0.2, -0.15) is 0 Å². The highest BCUT2D eigenvalue weighted by Gasteiger charge is 2.46. The number of fused-ring (bicyclic) bond motifs is 1. The van der Waals surface area contributed by atoms with Crippen LogP contribution in [0.25, 0.3) is 0 Å². The molecule has 2 saturated heterocycles. The zero-order valence-corrected chi connectivity index (χ0v) is 17.2. The Morgan fingerprint density at radius 3 is 2.70 bits per heavy atom. The monoisotopic (exact) mass is 411 g/mol. The van der Waals surface area contributed by atoms with Gasteiger partial charge in [0.25, 0.3) is 0 Å². The van der Waals surface area contributed by atoms with Gasteiger partial charge in [-0.3, -0.25) is 9.59 Å². The lowest BCUT2D eigenvalue weighted by molar-refractivity contribution is -0.147. The van der Waals surface area contributed by atoms with Crippen LogP contribution in [0.1, 0.15) is 23.1 Å². The number of piperazine rings is 1. The van der Waals surface area contributed by atoms with Crippen molar-refractivity contribution in [3.8, 4) is 5.75 Å². The number of carbonyl (C=O) groups excluding carboxylic acids is 2. The van der Waals surface area contributed by atoms with E-state index >= 15 is 0 Å². The summed E-state index contributed by atoms with van der Waals surface area (Å²) in [4.78, 5) is 27.3. The second-order valence-corrected chi connectivity index (χ2v) is 8.03. The lowest BCUT2D eigenvalue weighted by Gasteiger charge is -2.34. The Morgan fingerprint density at radius 2 is 1.97 bits per heavy atom. The Labute approximate surface area is 175 Å². The van der Waals surface area contributed by atoms with Crippen LogP contribution >= 0.6 is 0 Å². The highest BCUT2D eigenvalue weighted by molar-refractivity contribution is 5.97. The molecule has 2 aliphatic heterocycles. The number of nitrogens with one attached hydrogen (secondary N) is 2. The summed E-state index contributed by atoms with van der Waals surface area (Å²) in [7, 11) is 1.60. The van der Waals surface area contributed by atoms with Crippen LogP contribution in [0.15, 0.2) is 42.5 Å². The Morgan fingerprint density at radius 1 is 1.20 bits per heavy atom. The van der Waals surface area contributed by atoms with E-state index in [-0.39, 0.29) is 23.7 Å². The first-order valence-electron chi connectivity index (χ1n) is 10.2. The van der Waals surface area contributed by atoms with Crippen LogP contribution in [0.4, 0.5) is 4.39 Å². The number of aryl methyl sites for hydroxylation is 1. The second kappa shape index (κ2) is 8.44. The van der Waals surface area contributed by atoms with Crippen molar-refractivity contribution in [2.75, 3.05) is 13.7 Å². The van der Waals surface area contributed by atoms with Gasteiger partial charge >= 0.3 is 0 Å². The van der Waals surface area contributed by atoms with E-state index in [1.54, 1.807) is 18.1 Å². The van der Waals surface area contributed by atoms with E-state index in [9.17, 15) is 14.0 Å². The normalized spacial score (nSPS) is 23.3. The van der Waals surface area contributed by atoms with Crippen molar-refractivity contribution < 1.29 is 18.7 Å². The topological polar surface area (TPSA) is 70.7 Å². The van der Waals surface area contributed by atoms with Gasteiger partial charge in [-0.1, -0.05) is 29.8 Å². The number of nitrogens with zero attached hydrogens (tertiary/aromatic N) is 1. The minimum Gasteiger partial charge on any atom is -0.497 e. The lowest BCUT2D eigenvalue weighted by Crippen LogP contribution is -2.61. The van der Waals surface area contributed by atoms with Gasteiger partial charge in [-0.05, 0) is 37.1 Å². The molecule has 0 radical (unpaired) electrons. The molecule has 0 aliphatic carbocycles. The summed E-state index contributed by atoms with van der Waals surface area (Å²) in [6, 6.07) is 11.4.